The molecule has 304 valence electrons. The van der Waals surface area contributed by atoms with E-state index in [4.69, 9.17) is 24.2 Å². The molecule has 9 nitrogen and oxygen atoms in total. The lowest BCUT2D eigenvalue weighted by atomic mass is 9.56. The third kappa shape index (κ3) is 9.05. The third-order valence-electron chi connectivity index (χ3n) is 11.5. The Morgan fingerprint density at radius 3 is 2.33 bits per heavy atom. The Morgan fingerprint density at radius 1 is 0.931 bits per heavy atom. The Kier molecular flexibility index (Phi) is 13.7. The summed E-state index contributed by atoms with van der Waals surface area (Å²) in [5.41, 5.74) is 5.96. The molecule has 0 radical (unpaired) electrons. The van der Waals surface area contributed by atoms with Crippen molar-refractivity contribution in [1.82, 2.24) is 0 Å². The van der Waals surface area contributed by atoms with Crippen LogP contribution in [0.1, 0.15) is 63.4 Å². The number of allylic oxidation sites excluding steroid dienone is 1. The number of oxime groups is 1. The van der Waals surface area contributed by atoms with Gasteiger partial charge >= 0.3 is 0 Å². The van der Waals surface area contributed by atoms with Gasteiger partial charge in [-0.2, -0.15) is 0 Å². The number of nitrogens with one attached hydrogen (secondary N) is 1. The number of aliphatic hydroxyl groups excluding tert-OH is 2. The lowest BCUT2D eigenvalue weighted by Crippen LogP contribution is -2.64. The van der Waals surface area contributed by atoms with Gasteiger partial charge in [-0.1, -0.05) is 72.6 Å². The van der Waals surface area contributed by atoms with E-state index in [0.717, 1.165) is 82.2 Å². The number of benzene rings is 4. The normalized spacial score (nSPS) is 23.8. The van der Waals surface area contributed by atoms with Crippen LogP contribution in [-0.4, -0.2) is 59.8 Å². The van der Waals surface area contributed by atoms with Crippen LogP contribution in [0.2, 0.25) is 0 Å². The van der Waals surface area contributed by atoms with Gasteiger partial charge in [-0.25, -0.2) is 0 Å². The summed E-state index contributed by atoms with van der Waals surface area (Å²) in [4.78, 5) is 18.3. The highest BCUT2D eigenvalue weighted by molar-refractivity contribution is 8.00. The summed E-state index contributed by atoms with van der Waals surface area (Å²) < 4.78 is 20.9. The van der Waals surface area contributed by atoms with E-state index in [1.807, 2.05) is 66.7 Å². The highest BCUT2D eigenvalue weighted by Crippen LogP contribution is 2.63. The highest BCUT2D eigenvalue weighted by Gasteiger charge is 2.64. The summed E-state index contributed by atoms with van der Waals surface area (Å²) in [5, 5.41) is 27.0. The minimum Gasteiger partial charge on any atom is -0.460 e. The molecule has 0 unspecified atom stereocenters. The minimum atomic E-state index is -1.12. The number of hydrogen-bond donors (Lipinski definition) is 3. The van der Waals surface area contributed by atoms with E-state index in [0.29, 0.717) is 18.6 Å². The van der Waals surface area contributed by atoms with Gasteiger partial charge in [-0.3, -0.25) is 4.79 Å². The number of aliphatic hydroxyl groups is 2. The van der Waals surface area contributed by atoms with Crippen LogP contribution in [0.5, 0.6) is 17.2 Å². The third-order valence-corrected chi connectivity index (χ3v) is 12.8. The number of carbonyl (C=O) groups excluding carboxylic acids is 1. The molecular formula is C48H54N2O7S. The second-order valence-electron chi connectivity index (χ2n) is 15.2. The summed E-state index contributed by atoms with van der Waals surface area (Å²) in [7, 11) is 1.59. The van der Waals surface area contributed by atoms with Crippen LogP contribution in [0.4, 0.5) is 5.69 Å². The van der Waals surface area contributed by atoms with E-state index in [2.05, 4.69) is 48.3 Å². The van der Waals surface area contributed by atoms with E-state index in [9.17, 15) is 15.0 Å². The quantitative estimate of drug-likeness (QED) is 0.0517. The predicted octanol–water partition coefficient (Wildman–Crippen LogP) is 10.2. The molecule has 4 aromatic carbocycles. The summed E-state index contributed by atoms with van der Waals surface area (Å²) >= 11 is 1.67. The van der Waals surface area contributed by atoms with Gasteiger partial charge in [-0.15, -0.1) is 18.3 Å². The lowest BCUT2D eigenvalue weighted by Gasteiger charge is -2.58. The van der Waals surface area contributed by atoms with Crippen molar-refractivity contribution in [3.8, 4) is 28.4 Å². The maximum atomic E-state index is 11.8. The molecule has 0 bridgehead atoms. The van der Waals surface area contributed by atoms with Crippen LogP contribution in [0.25, 0.3) is 11.1 Å². The van der Waals surface area contributed by atoms with Crippen molar-refractivity contribution in [3.05, 3.63) is 127 Å². The van der Waals surface area contributed by atoms with Crippen molar-refractivity contribution in [2.24, 2.45) is 22.9 Å². The number of nitrogens with zero attached hydrogens (tertiary/aromatic N) is 1. The molecule has 1 amide bonds. The molecule has 1 heterocycles. The van der Waals surface area contributed by atoms with Gasteiger partial charge in [0.05, 0.1) is 23.5 Å². The number of hydrogen-bond acceptors (Lipinski definition) is 9. The van der Waals surface area contributed by atoms with Crippen molar-refractivity contribution in [2.75, 3.05) is 32.2 Å². The Labute approximate surface area is 346 Å². The number of anilines is 1. The molecule has 0 saturated heterocycles. The van der Waals surface area contributed by atoms with Crippen LogP contribution in [0.15, 0.2) is 131 Å². The van der Waals surface area contributed by atoms with E-state index in [1.54, 1.807) is 24.9 Å². The minimum absolute atomic E-state index is 0.0667. The monoisotopic (exact) mass is 802 g/mol. The fourth-order valence-corrected chi connectivity index (χ4v) is 10.4. The number of amides is 1. The summed E-state index contributed by atoms with van der Waals surface area (Å²) in [6.07, 6.45) is 9.64. The van der Waals surface area contributed by atoms with E-state index in [-0.39, 0.29) is 54.6 Å². The molecule has 0 spiro atoms. The SMILES string of the molecule is C=CCO[C@@]12Oc3ccc(Oc4ccc(-c5ccccc5)cc4)cc3[C@H]3[C@H](CCCCO)[C@@H](CCCCO)C=C(C(=NOC)C[C@@H]1Sc1ccc(NC(C)=O)cc1)[C@H]32. The number of carbonyl (C=O) groups is 1. The number of rotatable bonds is 18. The smallest absolute Gasteiger partial charge is 0.231 e. The molecule has 6 atom stereocenters. The Bertz CT molecular complexity index is 2070. The fraction of sp³-hybridized carbons (Fsp3) is 0.375. The molecule has 3 N–H and O–H groups in total. The molecule has 3 aliphatic rings. The van der Waals surface area contributed by atoms with Crippen LogP contribution in [0.3, 0.4) is 0 Å². The van der Waals surface area contributed by atoms with Crippen molar-refractivity contribution < 1.29 is 34.1 Å². The van der Waals surface area contributed by atoms with Gasteiger partial charge < -0.3 is 34.6 Å². The molecule has 7 rings (SSSR count). The molecular weight excluding hydrogens is 749 g/mol. The van der Waals surface area contributed by atoms with Gasteiger partial charge in [0, 0.05) is 48.6 Å². The van der Waals surface area contributed by atoms with Crippen molar-refractivity contribution in [3.63, 3.8) is 0 Å². The largest absolute Gasteiger partial charge is 0.460 e. The first-order valence-electron chi connectivity index (χ1n) is 20.4. The molecule has 1 fully saturated rings. The zero-order valence-electron chi connectivity index (χ0n) is 33.3. The summed E-state index contributed by atoms with van der Waals surface area (Å²) in [6.45, 7) is 6.09. The second-order valence-corrected chi connectivity index (χ2v) is 16.5. The maximum Gasteiger partial charge on any atom is 0.231 e. The zero-order chi connectivity index (χ0) is 40.5. The standard InChI is InChI=1S/C48H54N2O7S/c1-4-28-55-48-45(58-39-23-18-36(19-24-39)49-32(2)53)31-43(50-54-3)41-29-35(14-8-10-26-51)40(15-9-11-27-52)46(47(41)48)42-30-38(22-25-44(42)57-48)56-37-20-16-34(17-21-37)33-12-6-5-7-13-33/h4-7,12-13,16-25,29-30,35,40,45-47,51-52H,1,8-11,14-15,26-28,31H2,2-3H3,(H,49,53)/t35-,40+,45-,46+,47+,48+/m0/s1. The van der Waals surface area contributed by atoms with Crippen molar-refractivity contribution >= 4 is 29.1 Å². The number of ether oxygens (including phenoxy) is 3. The lowest BCUT2D eigenvalue weighted by molar-refractivity contribution is -0.223. The Hall–Kier alpha value is -4.87. The first-order valence-corrected chi connectivity index (χ1v) is 21.2. The van der Waals surface area contributed by atoms with Crippen LogP contribution < -0.4 is 14.8 Å². The number of thioether (sulfide) groups is 1. The first-order chi connectivity index (χ1) is 28.4. The maximum absolute atomic E-state index is 11.8. The zero-order valence-corrected chi connectivity index (χ0v) is 34.2. The molecule has 1 saturated carbocycles. The fourth-order valence-electron chi connectivity index (χ4n) is 9.06. The highest BCUT2D eigenvalue weighted by atomic mass is 32.2. The summed E-state index contributed by atoms with van der Waals surface area (Å²) in [5.74, 6) is 0.951. The number of unbranched alkanes of at least 4 members (excludes halogenated alkanes) is 2. The molecule has 58 heavy (non-hydrogen) atoms. The Morgan fingerprint density at radius 2 is 1.64 bits per heavy atom. The van der Waals surface area contributed by atoms with E-state index in [1.165, 1.54) is 6.92 Å². The molecule has 1 aliphatic heterocycles. The van der Waals surface area contributed by atoms with E-state index < -0.39 is 5.79 Å². The average molecular weight is 803 g/mol. The average Bonchev–Trinajstić information content (AvgIpc) is 3.23. The van der Waals surface area contributed by atoms with Gasteiger partial charge in [0.25, 0.3) is 0 Å². The van der Waals surface area contributed by atoms with Gasteiger partial charge in [0.15, 0.2) is 0 Å². The Balaban J connectivity index is 1.34. The molecule has 4 aromatic rings. The molecule has 10 heteroatoms. The van der Waals surface area contributed by atoms with Crippen LogP contribution in [0, 0.1) is 17.8 Å². The first kappa shape index (κ1) is 41.3. The van der Waals surface area contributed by atoms with Crippen LogP contribution in [-0.2, 0) is 14.4 Å². The van der Waals surface area contributed by atoms with Gasteiger partial charge in [0.2, 0.25) is 11.7 Å². The van der Waals surface area contributed by atoms with Gasteiger partial charge in [-0.05, 0) is 109 Å². The van der Waals surface area contributed by atoms with Crippen molar-refractivity contribution in [1.29, 1.82) is 0 Å². The second kappa shape index (κ2) is 19.3. The van der Waals surface area contributed by atoms with E-state index >= 15 is 0 Å². The molecule has 2 aliphatic carbocycles. The molecule has 0 aromatic heterocycles. The van der Waals surface area contributed by atoms with Gasteiger partial charge in [0.1, 0.15) is 24.4 Å². The summed E-state index contributed by atoms with van der Waals surface area (Å²) in [6, 6.07) is 32.4. The number of fused-ring (bicyclic) bond motifs is 2. The topological polar surface area (TPSA) is 119 Å². The van der Waals surface area contributed by atoms with Crippen molar-refractivity contribution in [2.45, 2.75) is 73.7 Å². The van der Waals surface area contributed by atoms with Crippen LogP contribution >= 0.6 is 11.8 Å². The predicted molar refractivity (Wildman–Crippen MR) is 231 cm³/mol.